The van der Waals surface area contributed by atoms with Gasteiger partial charge in [0.15, 0.2) is 4.90 Å². The SMILES string of the molecule is O=S(=O)(c1c(F)cccc1F)N1CCCN(CCOCN2CCCC3CCCCC32)CC1. The van der Waals surface area contributed by atoms with Crippen molar-refractivity contribution in [3.8, 4) is 0 Å². The number of piperidine rings is 1. The number of hydrogen-bond acceptors (Lipinski definition) is 5. The molecule has 1 aliphatic carbocycles. The second-order valence-corrected chi connectivity index (χ2v) is 11.1. The number of halogens is 2. The van der Waals surface area contributed by atoms with Crippen molar-refractivity contribution in [3.05, 3.63) is 29.8 Å². The smallest absolute Gasteiger partial charge is 0.248 e. The minimum Gasteiger partial charge on any atom is -0.365 e. The first-order valence-corrected chi connectivity index (χ1v) is 13.4. The Labute approximate surface area is 190 Å². The van der Waals surface area contributed by atoms with Gasteiger partial charge in [-0.05, 0) is 56.7 Å². The molecule has 2 heterocycles. The van der Waals surface area contributed by atoms with Gasteiger partial charge in [-0.1, -0.05) is 18.9 Å². The molecule has 0 radical (unpaired) electrons. The predicted octanol–water partition coefficient (Wildman–Crippen LogP) is 3.29. The minimum absolute atomic E-state index is 0.214. The van der Waals surface area contributed by atoms with Crippen molar-refractivity contribution in [2.24, 2.45) is 5.92 Å². The summed E-state index contributed by atoms with van der Waals surface area (Å²) in [7, 11) is -4.20. The monoisotopic (exact) mass is 471 g/mol. The van der Waals surface area contributed by atoms with E-state index in [2.05, 4.69) is 9.80 Å². The van der Waals surface area contributed by atoms with Crippen LogP contribution in [0.15, 0.2) is 23.1 Å². The first-order valence-electron chi connectivity index (χ1n) is 11.9. The highest BCUT2D eigenvalue weighted by atomic mass is 32.2. The fourth-order valence-corrected chi connectivity index (χ4v) is 7.11. The second kappa shape index (κ2) is 10.9. The van der Waals surface area contributed by atoms with E-state index in [-0.39, 0.29) is 13.1 Å². The number of rotatable bonds is 7. The van der Waals surface area contributed by atoms with Crippen LogP contribution in [0.1, 0.15) is 44.9 Å². The molecule has 3 fully saturated rings. The number of hydrogen-bond donors (Lipinski definition) is 0. The summed E-state index contributed by atoms with van der Waals surface area (Å²) in [6, 6.07) is 3.81. The van der Waals surface area contributed by atoms with Crippen LogP contribution in [0.3, 0.4) is 0 Å². The van der Waals surface area contributed by atoms with Crippen LogP contribution in [0.2, 0.25) is 0 Å². The van der Waals surface area contributed by atoms with E-state index in [1.54, 1.807) is 0 Å². The number of nitrogens with zero attached hydrogens (tertiary/aromatic N) is 3. The van der Waals surface area contributed by atoms with Gasteiger partial charge in [0, 0.05) is 38.8 Å². The molecule has 0 bridgehead atoms. The van der Waals surface area contributed by atoms with Crippen molar-refractivity contribution in [1.82, 2.24) is 14.1 Å². The van der Waals surface area contributed by atoms with E-state index >= 15 is 0 Å². The fourth-order valence-electron chi connectivity index (χ4n) is 5.53. The van der Waals surface area contributed by atoms with E-state index in [4.69, 9.17) is 4.74 Å². The molecule has 1 aromatic carbocycles. The molecule has 0 spiro atoms. The van der Waals surface area contributed by atoms with Gasteiger partial charge in [0.05, 0.1) is 13.3 Å². The summed E-state index contributed by atoms with van der Waals surface area (Å²) in [6.45, 7) is 4.84. The van der Waals surface area contributed by atoms with E-state index < -0.39 is 26.6 Å². The maximum atomic E-state index is 14.1. The van der Waals surface area contributed by atoms with Gasteiger partial charge in [-0.25, -0.2) is 17.2 Å². The summed E-state index contributed by atoms with van der Waals surface area (Å²) >= 11 is 0. The molecule has 1 saturated carbocycles. The molecule has 2 atom stereocenters. The zero-order chi connectivity index (χ0) is 22.6. The van der Waals surface area contributed by atoms with E-state index in [0.29, 0.717) is 32.3 Å². The van der Waals surface area contributed by atoms with Gasteiger partial charge in [0.1, 0.15) is 11.6 Å². The number of likely N-dealkylation sites (tertiary alicyclic amines) is 1. The maximum absolute atomic E-state index is 14.1. The maximum Gasteiger partial charge on any atom is 0.248 e. The Kier molecular flexibility index (Phi) is 8.15. The standard InChI is InChI=1S/C23H35F2N3O3S/c24-20-8-3-9-21(25)23(20)32(29,30)28-13-5-11-26(14-15-28)16-17-31-18-27-12-4-7-19-6-1-2-10-22(19)27/h3,8-9,19,22H,1-2,4-7,10-18H2. The molecule has 0 amide bonds. The van der Waals surface area contributed by atoms with Crippen molar-refractivity contribution in [3.63, 3.8) is 0 Å². The van der Waals surface area contributed by atoms with E-state index in [1.165, 1.54) is 48.9 Å². The van der Waals surface area contributed by atoms with Gasteiger partial charge in [-0.15, -0.1) is 0 Å². The van der Waals surface area contributed by atoms with Gasteiger partial charge < -0.3 is 4.74 Å². The molecule has 2 saturated heterocycles. The van der Waals surface area contributed by atoms with Crippen molar-refractivity contribution in [2.45, 2.75) is 55.9 Å². The Hall–Kier alpha value is -1.13. The third kappa shape index (κ3) is 5.50. The topological polar surface area (TPSA) is 53.1 Å². The second-order valence-electron chi connectivity index (χ2n) is 9.25. The van der Waals surface area contributed by atoms with Crippen LogP contribution in [-0.4, -0.2) is 81.2 Å². The van der Waals surface area contributed by atoms with Crippen molar-refractivity contribution in [2.75, 3.05) is 52.6 Å². The molecule has 32 heavy (non-hydrogen) atoms. The molecule has 1 aromatic rings. The van der Waals surface area contributed by atoms with Crippen molar-refractivity contribution < 1.29 is 21.9 Å². The van der Waals surface area contributed by atoms with Gasteiger partial charge in [0.2, 0.25) is 10.0 Å². The summed E-state index contributed by atoms with van der Waals surface area (Å²) in [4.78, 5) is 3.83. The first-order chi connectivity index (χ1) is 15.5. The third-order valence-electron chi connectivity index (χ3n) is 7.23. The lowest BCUT2D eigenvalue weighted by molar-refractivity contribution is -0.0435. The molecule has 180 valence electrons. The lowest BCUT2D eigenvalue weighted by atomic mass is 9.78. The van der Waals surface area contributed by atoms with Crippen molar-refractivity contribution in [1.29, 1.82) is 0 Å². The van der Waals surface area contributed by atoms with E-state index in [9.17, 15) is 17.2 Å². The number of fused-ring (bicyclic) bond motifs is 1. The van der Waals surface area contributed by atoms with E-state index in [1.807, 2.05) is 0 Å². The highest BCUT2D eigenvalue weighted by Gasteiger charge is 2.34. The van der Waals surface area contributed by atoms with Gasteiger partial charge in [-0.3, -0.25) is 9.80 Å². The fraction of sp³-hybridized carbons (Fsp3) is 0.739. The Morgan fingerprint density at radius 2 is 1.66 bits per heavy atom. The molecular weight excluding hydrogens is 436 g/mol. The minimum atomic E-state index is -4.20. The molecule has 4 rings (SSSR count). The molecule has 3 aliphatic rings. The number of sulfonamides is 1. The average molecular weight is 472 g/mol. The molecule has 0 aromatic heterocycles. The molecule has 6 nitrogen and oxygen atoms in total. The summed E-state index contributed by atoms with van der Waals surface area (Å²) in [6.07, 6.45) is 8.54. The number of benzene rings is 1. The summed E-state index contributed by atoms with van der Waals surface area (Å²) < 4.78 is 61.0. The Balaban J connectivity index is 1.24. The lowest BCUT2D eigenvalue weighted by Gasteiger charge is -2.43. The average Bonchev–Trinajstić information content (AvgIpc) is 3.03. The Morgan fingerprint density at radius 3 is 2.47 bits per heavy atom. The highest BCUT2D eigenvalue weighted by Crippen LogP contribution is 2.35. The summed E-state index contributed by atoms with van der Waals surface area (Å²) in [5.41, 5.74) is 0. The van der Waals surface area contributed by atoms with Crippen molar-refractivity contribution >= 4 is 10.0 Å². The number of ether oxygens (including phenoxy) is 1. The zero-order valence-corrected chi connectivity index (χ0v) is 19.5. The first kappa shape index (κ1) is 24.0. The highest BCUT2D eigenvalue weighted by molar-refractivity contribution is 7.89. The molecule has 9 heteroatoms. The Morgan fingerprint density at radius 1 is 0.906 bits per heavy atom. The van der Waals surface area contributed by atoms with E-state index in [0.717, 1.165) is 37.7 Å². The van der Waals surface area contributed by atoms with Crippen LogP contribution in [0.4, 0.5) is 8.78 Å². The molecule has 2 aliphatic heterocycles. The van der Waals surface area contributed by atoms with Crippen LogP contribution in [0.25, 0.3) is 0 Å². The van der Waals surface area contributed by atoms with Crippen LogP contribution in [0.5, 0.6) is 0 Å². The van der Waals surface area contributed by atoms with Gasteiger partial charge in [-0.2, -0.15) is 4.31 Å². The van der Waals surface area contributed by atoms with Crippen LogP contribution in [0, 0.1) is 17.6 Å². The van der Waals surface area contributed by atoms with Crippen LogP contribution < -0.4 is 0 Å². The molecule has 2 unspecified atom stereocenters. The normalized spacial score (nSPS) is 26.6. The summed E-state index contributed by atoms with van der Waals surface area (Å²) in [5, 5.41) is 0. The third-order valence-corrected chi connectivity index (χ3v) is 9.18. The van der Waals surface area contributed by atoms with Gasteiger partial charge >= 0.3 is 0 Å². The quantitative estimate of drug-likeness (QED) is 0.572. The van der Waals surface area contributed by atoms with Crippen LogP contribution in [-0.2, 0) is 14.8 Å². The van der Waals surface area contributed by atoms with Gasteiger partial charge in [0.25, 0.3) is 0 Å². The summed E-state index contributed by atoms with van der Waals surface area (Å²) in [5.74, 6) is -1.26. The lowest BCUT2D eigenvalue weighted by Crippen LogP contribution is -2.47. The molecular formula is C23H35F2N3O3S. The predicted molar refractivity (Wildman–Crippen MR) is 119 cm³/mol. The largest absolute Gasteiger partial charge is 0.365 e. The van der Waals surface area contributed by atoms with Crippen LogP contribution >= 0.6 is 0 Å². The Bertz CT molecular complexity index is 848. The zero-order valence-electron chi connectivity index (χ0n) is 18.7. The molecule has 0 N–H and O–H groups in total.